The van der Waals surface area contributed by atoms with Gasteiger partial charge in [0.15, 0.2) is 0 Å². The zero-order valence-electron chi connectivity index (χ0n) is 14.4. The first-order valence-corrected chi connectivity index (χ1v) is 8.88. The average Bonchev–Trinajstić information content (AvgIpc) is 2.63. The van der Waals surface area contributed by atoms with Crippen LogP contribution in [0.5, 0.6) is 0 Å². The fourth-order valence-corrected chi connectivity index (χ4v) is 3.39. The maximum atomic E-state index is 11.3. The topological polar surface area (TPSA) is 140 Å². The van der Waals surface area contributed by atoms with Crippen molar-refractivity contribution >= 4 is 23.4 Å². The second kappa shape index (κ2) is 8.26. The molecule has 0 atom stereocenters. The normalized spacial score (nSPS) is 24.0. The molecule has 2 fully saturated rings. The molecule has 10 nitrogen and oxygen atoms in total. The van der Waals surface area contributed by atoms with E-state index >= 15 is 0 Å². The molecule has 1 saturated carbocycles. The number of nitro groups is 1. The van der Waals surface area contributed by atoms with Crippen molar-refractivity contribution in [3.8, 4) is 0 Å². The Morgan fingerprint density at radius 2 is 1.81 bits per heavy atom. The number of carboxylic acid groups (broad SMARTS) is 1. The summed E-state index contributed by atoms with van der Waals surface area (Å²) in [6.45, 7) is 1.34. The van der Waals surface area contributed by atoms with Crippen LogP contribution >= 0.6 is 0 Å². The zero-order chi connectivity index (χ0) is 18.5. The molecule has 0 amide bonds. The highest BCUT2D eigenvalue weighted by molar-refractivity contribution is 5.70. The molecular weight excluding hydrogens is 342 g/mol. The number of aliphatic carboxylic acids is 1. The van der Waals surface area contributed by atoms with Crippen molar-refractivity contribution in [3.63, 3.8) is 0 Å². The largest absolute Gasteiger partial charge is 0.481 e. The van der Waals surface area contributed by atoms with Crippen LogP contribution in [0.4, 0.5) is 17.5 Å². The van der Waals surface area contributed by atoms with Crippen molar-refractivity contribution in [1.29, 1.82) is 0 Å². The lowest BCUT2D eigenvalue weighted by molar-refractivity contribution is -0.384. The number of ether oxygens (including phenoxy) is 1. The van der Waals surface area contributed by atoms with Gasteiger partial charge in [-0.25, -0.2) is 4.98 Å². The molecule has 3 rings (SSSR count). The minimum absolute atomic E-state index is 0.0323. The molecule has 0 bridgehead atoms. The Balaban J connectivity index is 1.68. The Morgan fingerprint density at radius 1 is 1.15 bits per heavy atom. The maximum absolute atomic E-state index is 11.3. The summed E-state index contributed by atoms with van der Waals surface area (Å²) >= 11 is 0. The lowest BCUT2D eigenvalue weighted by Gasteiger charge is -2.27. The molecule has 1 aromatic heterocycles. The first-order valence-electron chi connectivity index (χ1n) is 8.88. The van der Waals surface area contributed by atoms with E-state index in [1.165, 1.54) is 6.20 Å². The quantitative estimate of drug-likeness (QED) is 0.510. The number of carbonyl (C=O) groups is 1. The van der Waals surface area contributed by atoms with Crippen molar-refractivity contribution in [2.24, 2.45) is 5.92 Å². The van der Waals surface area contributed by atoms with Crippen LogP contribution in [0.1, 0.15) is 38.5 Å². The van der Waals surface area contributed by atoms with Crippen LogP contribution in [0.15, 0.2) is 6.20 Å². The molecule has 0 aromatic carbocycles. The van der Waals surface area contributed by atoms with Crippen LogP contribution in [0, 0.1) is 16.0 Å². The van der Waals surface area contributed by atoms with Crippen molar-refractivity contribution in [2.45, 2.75) is 50.6 Å². The Hall–Kier alpha value is -2.49. The summed E-state index contributed by atoms with van der Waals surface area (Å²) in [5, 5.41) is 26.7. The van der Waals surface area contributed by atoms with E-state index in [4.69, 9.17) is 9.84 Å². The summed E-state index contributed by atoms with van der Waals surface area (Å²) in [5.41, 5.74) is -0.178. The second-order valence-electron chi connectivity index (χ2n) is 6.75. The second-order valence-corrected chi connectivity index (χ2v) is 6.75. The van der Waals surface area contributed by atoms with Gasteiger partial charge in [0.2, 0.25) is 11.8 Å². The van der Waals surface area contributed by atoms with Gasteiger partial charge < -0.3 is 20.5 Å². The number of anilines is 2. The minimum Gasteiger partial charge on any atom is -0.481 e. The van der Waals surface area contributed by atoms with Crippen LogP contribution in [0.2, 0.25) is 0 Å². The van der Waals surface area contributed by atoms with Crippen LogP contribution in [0.25, 0.3) is 0 Å². The first-order chi connectivity index (χ1) is 12.5. The van der Waals surface area contributed by atoms with Gasteiger partial charge in [-0.05, 0) is 38.5 Å². The molecule has 0 radical (unpaired) electrons. The first kappa shape index (κ1) is 18.3. The van der Waals surface area contributed by atoms with Gasteiger partial charge >= 0.3 is 11.7 Å². The molecule has 1 aliphatic carbocycles. The standard InChI is InChI=1S/C16H23N5O5/c22-15(23)10-1-3-11(4-2-10)18-14-13(21(24)25)9-17-16(20-14)19-12-5-7-26-8-6-12/h9-12H,1-8H2,(H,22,23)(H2,17,18,19,20)/t10-,11+. The zero-order valence-corrected chi connectivity index (χ0v) is 14.4. The van der Waals surface area contributed by atoms with Gasteiger partial charge in [0.1, 0.15) is 6.20 Å². The van der Waals surface area contributed by atoms with E-state index in [2.05, 4.69) is 20.6 Å². The number of rotatable bonds is 6. The highest BCUT2D eigenvalue weighted by atomic mass is 16.6. The van der Waals surface area contributed by atoms with E-state index in [0.717, 1.165) is 12.8 Å². The molecule has 1 saturated heterocycles. The molecule has 3 N–H and O–H groups in total. The fourth-order valence-electron chi connectivity index (χ4n) is 3.39. The highest BCUT2D eigenvalue weighted by Gasteiger charge is 2.28. The lowest BCUT2D eigenvalue weighted by Crippen LogP contribution is -2.30. The van der Waals surface area contributed by atoms with E-state index in [9.17, 15) is 14.9 Å². The maximum Gasteiger partial charge on any atom is 0.329 e. The van der Waals surface area contributed by atoms with Gasteiger partial charge in [-0.2, -0.15) is 4.98 Å². The molecule has 26 heavy (non-hydrogen) atoms. The van der Waals surface area contributed by atoms with Crippen LogP contribution in [0.3, 0.4) is 0 Å². The Labute approximate surface area is 150 Å². The molecule has 142 valence electrons. The number of nitrogens with zero attached hydrogens (tertiary/aromatic N) is 3. The minimum atomic E-state index is -0.778. The molecule has 2 aliphatic rings. The fraction of sp³-hybridized carbons (Fsp3) is 0.688. The summed E-state index contributed by atoms with van der Waals surface area (Å²) in [4.78, 5) is 30.2. The Kier molecular flexibility index (Phi) is 5.82. The van der Waals surface area contributed by atoms with Crippen LogP contribution in [-0.2, 0) is 9.53 Å². The third-order valence-electron chi connectivity index (χ3n) is 4.94. The molecule has 1 aromatic rings. The number of nitrogens with one attached hydrogen (secondary N) is 2. The number of aromatic nitrogens is 2. The van der Waals surface area contributed by atoms with Crippen molar-refractivity contribution < 1.29 is 19.6 Å². The van der Waals surface area contributed by atoms with Gasteiger partial charge in [-0.15, -0.1) is 0 Å². The Bertz CT molecular complexity index is 656. The molecule has 0 spiro atoms. The van der Waals surface area contributed by atoms with E-state index in [0.29, 0.717) is 44.8 Å². The Morgan fingerprint density at radius 3 is 2.42 bits per heavy atom. The summed E-state index contributed by atoms with van der Waals surface area (Å²) in [6.07, 6.45) is 5.27. The molecular formula is C16H23N5O5. The van der Waals surface area contributed by atoms with E-state index < -0.39 is 10.9 Å². The van der Waals surface area contributed by atoms with Gasteiger partial charge in [-0.3, -0.25) is 14.9 Å². The highest BCUT2D eigenvalue weighted by Crippen LogP contribution is 2.30. The summed E-state index contributed by atoms with van der Waals surface area (Å²) in [6, 6.07) is 0.152. The van der Waals surface area contributed by atoms with Gasteiger partial charge in [0, 0.05) is 25.3 Å². The van der Waals surface area contributed by atoms with Gasteiger partial charge in [-0.1, -0.05) is 0 Å². The predicted molar refractivity (Wildman–Crippen MR) is 93.2 cm³/mol. The van der Waals surface area contributed by atoms with E-state index in [1.54, 1.807) is 0 Å². The summed E-state index contributed by atoms with van der Waals surface area (Å²) < 4.78 is 5.31. The SMILES string of the molecule is O=C(O)[C@H]1CC[C@@H](Nc2nc(NC3CCOCC3)ncc2[N+](=O)[O-])CC1. The van der Waals surface area contributed by atoms with Crippen molar-refractivity contribution in [3.05, 3.63) is 16.3 Å². The lowest BCUT2D eigenvalue weighted by atomic mass is 9.86. The monoisotopic (exact) mass is 365 g/mol. The van der Waals surface area contributed by atoms with E-state index in [-0.39, 0.29) is 29.5 Å². The van der Waals surface area contributed by atoms with Gasteiger partial charge in [0.25, 0.3) is 0 Å². The molecule has 2 heterocycles. The van der Waals surface area contributed by atoms with Gasteiger partial charge in [0.05, 0.1) is 10.8 Å². The van der Waals surface area contributed by atoms with Crippen LogP contribution < -0.4 is 10.6 Å². The van der Waals surface area contributed by atoms with Crippen LogP contribution in [-0.4, -0.2) is 51.3 Å². The van der Waals surface area contributed by atoms with Crippen molar-refractivity contribution in [1.82, 2.24) is 9.97 Å². The summed E-state index contributed by atoms with van der Waals surface area (Å²) in [7, 11) is 0. The summed E-state index contributed by atoms with van der Waals surface area (Å²) in [5.74, 6) is -0.582. The van der Waals surface area contributed by atoms with Crippen molar-refractivity contribution in [2.75, 3.05) is 23.8 Å². The van der Waals surface area contributed by atoms with E-state index in [1.807, 2.05) is 0 Å². The number of hydrogen-bond acceptors (Lipinski definition) is 8. The molecule has 10 heteroatoms. The average molecular weight is 365 g/mol. The third-order valence-corrected chi connectivity index (χ3v) is 4.94. The predicted octanol–water partition coefficient (Wildman–Crippen LogP) is 2.03. The smallest absolute Gasteiger partial charge is 0.329 e. The number of carboxylic acids is 1. The molecule has 1 aliphatic heterocycles. The number of hydrogen-bond donors (Lipinski definition) is 3. The third kappa shape index (κ3) is 4.57. The molecule has 0 unspecified atom stereocenters.